The minimum atomic E-state index is 0.516. The number of thioether (sulfide) groups is 1. The monoisotopic (exact) mass is 418 g/mol. The quantitative estimate of drug-likeness (QED) is 0.343. The van der Waals surface area contributed by atoms with E-state index >= 15 is 0 Å². The average molecular weight is 418 g/mol. The van der Waals surface area contributed by atoms with E-state index < -0.39 is 0 Å². The number of para-hydroxylation sites is 2. The number of ether oxygens (including phenoxy) is 1. The molecule has 5 rings (SSSR count). The molecule has 0 saturated heterocycles. The number of hydrogen-bond donors (Lipinski definition) is 0. The summed E-state index contributed by atoms with van der Waals surface area (Å²) in [6, 6.07) is 19.3. The Kier molecular flexibility index (Phi) is 4.98. The van der Waals surface area contributed by atoms with Crippen molar-refractivity contribution in [2.75, 3.05) is 7.11 Å². The van der Waals surface area contributed by atoms with Crippen LogP contribution in [-0.4, -0.2) is 26.9 Å². The van der Waals surface area contributed by atoms with Crippen LogP contribution in [0.15, 0.2) is 80.9 Å². The Morgan fingerprint density at radius 1 is 1.03 bits per heavy atom. The number of furan rings is 1. The molecule has 0 bridgehead atoms. The number of aromatic nitrogens is 4. The summed E-state index contributed by atoms with van der Waals surface area (Å²) in [4.78, 5) is 4.54. The molecule has 0 saturated carbocycles. The average Bonchev–Trinajstić information content (AvgIpc) is 3.52. The van der Waals surface area contributed by atoms with Crippen molar-refractivity contribution in [1.29, 1.82) is 0 Å². The summed E-state index contributed by atoms with van der Waals surface area (Å²) in [7, 11) is 1.65. The Morgan fingerprint density at radius 3 is 2.80 bits per heavy atom. The van der Waals surface area contributed by atoms with Crippen molar-refractivity contribution >= 4 is 22.9 Å². The number of fused-ring (bicyclic) bond motifs is 1. The first-order valence-corrected chi connectivity index (χ1v) is 10.4. The van der Waals surface area contributed by atoms with Crippen LogP contribution >= 0.6 is 11.8 Å². The molecule has 8 heteroatoms. The molecule has 7 nitrogen and oxygen atoms in total. The van der Waals surface area contributed by atoms with Gasteiger partial charge >= 0.3 is 0 Å². The van der Waals surface area contributed by atoms with Crippen LogP contribution in [0.3, 0.4) is 0 Å². The van der Waals surface area contributed by atoms with Crippen molar-refractivity contribution in [2.24, 2.45) is 0 Å². The van der Waals surface area contributed by atoms with Crippen LogP contribution in [0.2, 0.25) is 0 Å². The Morgan fingerprint density at radius 2 is 1.97 bits per heavy atom. The van der Waals surface area contributed by atoms with Crippen LogP contribution in [0, 0.1) is 0 Å². The highest BCUT2D eigenvalue weighted by atomic mass is 32.2. The van der Waals surface area contributed by atoms with E-state index in [-0.39, 0.29) is 0 Å². The molecule has 0 radical (unpaired) electrons. The maximum atomic E-state index is 5.83. The molecular weight excluding hydrogens is 400 g/mol. The van der Waals surface area contributed by atoms with Gasteiger partial charge in [0.1, 0.15) is 17.0 Å². The Hall–Kier alpha value is -3.52. The summed E-state index contributed by atoms with van der Waals surface area (Å²) in [6.07, 6.45) is 1.66. The van der Waals surface area contributed by atoms with Gasteiger partial charge in [-0.15, -0.1) is 10.2 Å². The third kappa shape index (κ3) is 3.69. The van der Waals surface area contributed by atoms with Crippen LogP contribution < -0.4 is 4.74 Å². The number of rotatable bonds is 7. The van der Waals surface area contributed by atoms with Gasteiger partial charge in [-0.3, -0.25) is 4.57 Å². The van der Waals surface area contributed by atoms with Crippen LogP contribution in [-0.2, 0) is 12.3 Å². The molecule has 0 spiro atoms. The second kappa shape index (κ2) is 8.08. The summed E-state index contributed by atoms with van der Waals surface area (Å²) in [5, 5.41) is 9.62. The molecule has 3 aromatic heterocycles. The lowest BCUT2D eigenvalue weighted by atomic mass is 10.2. The van der Waals surface area contributed by atoms with Crippen molar-refractivity contribution in [3.63, 3.8) is 0 Å². The molecule has 3 heterocycles. The molecular formula is C22H18N4O3S. The Balaban J connectivity index is 1.46. The lowest BCUT2D eigenvalue weighted by molar-refractivity contribution is 0.415. The van der Waals surface area contributed by atoms with Gasteiger partial charge in [-0.05, 0) is 36.4 Å². The van der Waals surface area contributed by atoms with Gasteiger partial charge in [0.2, 0.25) is 5.89 Å². The standard InChI is InChI=1S/C22H18N4O3S/c1-27-16-7-4-6-15(12-16)21-24-25-22(26(21)13-17-8-5-11-28-17)30-14-20-23-18-9-2-3-10-19(18)29-20/h2-12H,13-14H2,1H3. The highest BCUT2D eigenvalue weighted by Crippen LogP contribution is 2.29. The summed E-state index contributed by atoms with van der Waals surface area (Å²) in [5.74, 6) is 3.52. The highest BCUT2D eigenvalue weighted by Gasteiger charge is 2.17. The zero-order valence-electron chi connectivity index (χ0n) is 16.2. The van der Waals surface area contributed by atoms with Crippen LogP contribution in [0.5, 0.6) is 5.75 Å². The van der Waals surface area contributed by atoms with Crippen LogP contribution in [0.1, 0.15) is 11.7 Å². The Labute approximate surface area is 176 Å². The molecule has 0 amide bonds. The van der Waals surface area contributed by atoms with Crippen molar-refractivity contribution in [3.05, 3.63) is 78.6 Å². The van der Waals surface area contributed by atoms with E-state index in [1.807, 2.05) is 65.2 Å². The largest absolute Gasteiger partial charge is 0.497 e. The molecule has 30 heavy (non-hydrogen) atoms. The van der Waals surface area contributed by atoms with Gasteiger partial charge < -0.3 is 13.6 Å². The third-order valence-electron chi connectivity index (χ3n) is 4.60. The topological polar surface area (TPSA) is 79.1 Å². The van der Waals surface area contributed by atoms with E-state index in [4.69, 9.17) is 13.6 Å². The van der Waals surface area contributed by atoms with Gasteiger partial charge in [-0.1, -0.05) is 36.0 Å². The minimum absolute atomic E-state index is 0.516. The SMILES string of the molecule is COc1cccc(-c2nnc(SCc3nc4ccccc4o3)n2Cc2ccco2)c1. The molecule has 0 aliphatic carbocycles. The van der Waals surface area contributed by atoms with E-state index in [2.05, 4.69) is 15.2 Å². The van der Waals surface area contributed by atoms with Gasteiger partial charge in [-0.2, -0.15) is 0 Å². The second-order valence-electron chi connectivity index (χ2n) is 6.57. The number of hydrogen-bond acceptors (Lipinski definition) is 7. The molecule has 150 valence electrons. The van der Waals surface area contributed by atoms with Crippen LogP contribution in [0.4, 0.5) is 0 Å². The summed E-state index contributed by atoms with van der Waals surface area (Å²) >= 11 is 1.52. The molecule has 5 aromatic rings. The molecule has 0 N–H and O–H groups in total. The van der Waals surface area contributed by atoms with E-state index in [1.165, 1.54) is 11.8 Å². The summed E-state index contributed by atoms with van der Waals surface area (Å²) in [5.41, 5.74) is 2.55. The number of benzene rings is 2. The van der Waals surface area contributed by atoms with E-state index in [1.54, 1.807) is 13.4 Å². The van der Waals surface area contributed by atoms with Crippen molar-refractivity contribution in [1.82, 2.24) is 19.7 Å². The minimum Gasteiger partial charge on any atom is -0.497 e. The van der Waals surface area contributed by atoms with Gasteiger partial charge in [0.15, 0.2) is 16.6 Å². The number of nitrogens with zero attached hydrogens (tertiary/aromatic N) is 4. The Bertz CT molecular complexity index is 1240. The van der Waals surface area contributed by atoms with Gasteiger partial charge in [0.05, 0.1) is 25.7 Å². The lowest BCUT2D eigenvalue weighted by Crippen LogP contribution is -2.03. The molecule has 0 atom stereocenters. The molecule has 0 aliphatic heterocycles. The van der Waals surface area contributed by atoms with Crippen LogP contribution in [0.25, 0.3) is 22.5 Å². The maximum absolute atomic E-state index is 5.83. The normalized spacial score (nSPS) is 11.2. The smallest absolute Gasteiger partial charge is 0.205 e. The fourth-order valence-corrected chi connectivity index (χ4v) is 3.96. The first-order valence-electron chi connectivity index (χ1n) is 9.37. The highest BCUT2D eigenvalue weighted by molar-refractivity contribution is 7.98. The van der Waals surface area contributed by atoms with Gasteiger partial charge in [0.25, 0.3) is 0 Å². The van der Waals surface area contributed by atoms with E-state index in [9.17, 15) is 0 Å². The van der Waals surface area contributed by atoms with Crippen molar-refractivity contribution in [3.8, 4) is 17.1 Å². The van der Waals surface area contributed by atoms with Gasteiger partial charge in [0, 0.05) is 5.56 Å². The summed E-state index contributed by atoms with van der Waals surface area (Å²) < 4.78 is 18.8. The predicted octanol–water partition coefficient (Wildman–Crippen LogP) is 5.03. The first kappa shape index (κ1) is 18.5. The summed E-state index contributed by atoms with van der Waals surface area (Å²) in [6.45, 7) is 0.516. The second-order valence-corrected chi connectivity index (χ2v) is 7.51. The third-order valence-corrected chi connectivity index (χ3v) is 5.55. The lowest BCUT2D eigenvalue weighted by Gasteiger charge is -2.09. The predicted molar refractivity (Wildman–Crippen MR) is 113 cm³/mol. The van der Waals surface area contributed by atoms with E-state index in [0.29, 0.717) is 18.2 Å². The van der Waals surface area contributed by atoms with Gasteiger partial charge in [-0.25, -0.2) is 4.98 Å². The number of oxazole rings is 1. The zero-order valence-corrected chi connectivity index (χ0v) is 17.0. The molecule has 0 aliphatic rings. The fourth-order valence-electron chi connectivity index (χ4n) is 3.18. The van der Waals surface area contributed by atoms with Crippen molar-refractivity contribution < 1.29 is 13.6 Å². The van der Waals surface area contributed by atoms with Crippen molar-refractivity contribution in [2.45, 2.75) is 17.5 Å². The first-order chi connectivity index (χ1) is 14.8. The van der Waals surface area contributed by atoms with E-state index in [0.717, 1.165) is 39.2 Å². The molecule has 2 aromatic carbocycles. The zero-order chi connectivity index (χ0) is 20.3. The molecule has 0 fully saturated rings. The number of methoxy groups -OCH3 is 1. The fraction of sp³-hybridized carbons (Fsp3) is 0.136. The maximum Gasteiger partial charge on any atom is 0.205 e. The molecule has 0 unspecified atom stereocenters.